The lowest BCUT2D eigenvalue weighted by atomic mass is 9.96. The first kappa shape index (κ1) is 28.3. The third-order valence-corrected chi connectivity index (χ3v) is 17.8. The highest BCUT2D eigenvalue weighted by Crippen LogP contribution is 2.44. The summed E-state index contributed by atoms with van der Waals surface area (Å²) in [6.07, 6.45) is -0.118. The van der Waals surface area contributed by atoms with E-state index >= 15 is 0 Å². The number of aliphatic hydroxyl groups excluding tert-OH is 2. The van der Waals surface area contributed by atoms with Crippen molar-refractivity contribution in [2.45, 2.75) is 123 Å². The Kier molecular flexibility index (Phi) is 11.2. The van der Waals surface area contributed by atoms with Gasteiger partial charge in [-0.3, -0.25) is 0 Å². The molecule has 0 unspecified atom stereocenters. The first-order chi connectivity index (χ1) is 12.5. The van der Waals surface area contributed by atoms with Crippen molar-refractivity contribution in [3.05, 3.63) is 0 Å². The van der Waals surface area contributed by atoms with E-state index in [1.54, 1.807) is 0 Å². The Bertz CT molecular complexity index is 423. The van der Waals surface area contributed by atoms with Gasteiger partial charge in [0.05, 0.1) is 18.8 Å². The SMILES string of the molecule is CC(C)[Si](O[C@@H](CCO[Si](C)(C)C(C)(C)C)[C@@H](C)[C@@H](O)CO)(C(C)C)C(C)C. The highest BCUT2D eigenvalue weighted by Gasteiger charge is 2.47. The molecule has 0 fully saturated rings. The van der Waals surface area contributed by atoms with Crippen LogP contribution >= 0.6 is 0 Å². The first-order valence-electron chi connectivity index (χ1n) is 11.1. The predicted molar refractivity (Wildman–Crippen MR) is 126 cm³/mol. The van der Waals surface area contributed by atoms with E-state index in [2.05, 4.69) is 75.4 Å². The van der Waals surface area contributed by atoms with Crippen molar-refractivity contribution in [1.29, 1.82) is 0 Å². The maximum Gasteiger partial charge on any atom is 0.200 e. The summed E-state index contributed by atoms with van der Waals surface area (Å²) in [5.41, 5.74) is 1.44. The average Bonchev–Trinajstić information content (AvgIpc) is 2.54. The van der Waals surface area contributed by atoms with E-state index in [9.17, 15) is 10.2 Å². The molecule has 170 valence electrons. The summed E-state index contributed by atoms with van der Waals surface area (Å²) >= 11 is 0. The van der Waals surface area contributed by atoms with Crippen molar-refractivity contribution in [3.8, 4) is 0 Å². The minimum atomic E-state index is -2.08. The van der Waals surface area contributed by atoms with Crippen molar-refractivity contribution in [2.24, 2.45) is 5.92 Å². The number of rotatable bonds is 12. The van der Waals surface area contributed by atoms with Crippen molar-refractivity contribution in [1.82, 2.24) is 0 Å². The monoisotopic (exact) mass is 434 g/mol. The van der Waals surface area contributed by atoms with Crippen LogP contribution < -0.4 is 0 Å². The maximum absolute atomic E-state index is 10.4. The van der Waals surface area contributed by atoms with E-state index < -0.39 is 22.7 Å². The molecule has 0 amide bonds. The van der Waals surface area contributed by atoms with Gasteiger partial charge in [-0.1, -0.05) is 69.2 Å². The van der Waals surface area contributed by atoms with E-state index in [1.165, 1.54) is 0 Å². The summed E-state index contributed by atoms with van der Waals surface area (Å²) < 4.78 is 13.4. The van der Waals surface area contributed by atoms with Crippen LogP contribution in [0.25, 0.3) is 0 Å². The fourth-order valence-corrected chi connectivity index (χ4v) is 10.9. The topological polar surface area (TPSA) is 58.9 Å². The van der Waals surface area contributed by atoms with Crippen LogP contribution in [0.15, 0.2) is 0 Å². The summed E-state index contributed by atoms with van der Waals surface area (Å²) in [6, 6.07) is 0. The molecule has 0 aromatic rings. The lowest BCUT2D eigenvalue weighted by molar-refractivity contribution is -0.0115. The van der Waals surface area contributed by atoms with Crippen LogP contribution in [0.5, 0.6) is 0 Å². The Morgan fingerprint density at radius 1 is 0.857 bits per heavy atom. The molecule has 0 radical (unpaired) electrons. The second-order valence-corrected chi connectivity index (χ2v) is 21.2. The average molecular weight is 435 g/mol. The molecule has 2 N–H and O–H groups in total. The molecular formula is C22H50O4Si2. The van der Waals surface area contributed by atoms with Gasteiger partial charge in [-0.2, -0.15) is 0 Å². The molecule has 0 rings (SSSR count). The zero-order valence-corrected chi connectivity index (χ0v) is 22.8. The summed E-state index contributed by atoms with van der Waals surface area (Å²) in [4.78, 5) is 0. The van der Waals surface area contributed by atoms with Gasteiger partial charge in [-0.25, -0.2) is 0 Å². The third kappa shape index (κ3) is 6.91. The van der Waals surface area contributed by atoms with Crippen LogP contribution in [0.4, 0.5) is 0 Å². The zero-order valence-electron chi connectivity index (χ0n) is 20.8. The van der Waals surface area contributed by atoms with E-state index in [1.807, 2.05) is 6.92 Å². The molecule has 28 heavy (non-hydrogen) atoms. The second kappa shape index (κ2) is 11.1. The van der Waals surface area contributed by atoms with Crippen LogP contribution in [-0.4, -0.2) is 52.3 Å². The summed E-state index contributed by atoms with van der Waals surface area (Å²) in [7, 11) is -3.90. The molecule has 0 saturated heterocycles. The molecule has 6 heteroatoms. The highest BCUT2D eigenvalue weighted by molar-refractivity contribution is 6.77. The van der Waals surface area contributed by atoms with Crippen LogP contribution in [0.2, 0.25) is 34.8 Å². The number of hydrogen-bond acceptors (Lipinski definition) is 4. The smallest absolute Gasteiger partial charge is 0.200 e. The van der Waals surface area contributed by atoms with Gasteiger partial charge in [-0.05, 0) is 41.2 Å². The fourth-order valence-electron chi connectivity index (χ4n) is 4.16. The van der Waals surface area contributed by atoms with Crippen molar-refractivity contribution >= 4 is 16.6 Å². The van der Waals surface area contributed by atoms with Gasteiger partial charge in [0, 0.05) is 12.5 Å². The second-order valence-electron chi connectivity index (χ2n) is 11.0. The molecule has 0 aliphatic carbocycles. The Morgan fingerprint density at radius 3 is 1.61 bits per heavy atom. The van der Waals surface area contributed by atoms with Crippen LogP contribution in [0.3, 0.4) is 0 Å². The van der Waals surface area contributed by atoms with Crippen LogP contribution in [-0.2, 0) is 8.85 Å². The predicted octanol–water partition coefficient (Wildman–Crippen LogP) is 5.95. The molecule has 0 heterocycles. The van der Waals surface area contributed by atoms with E-state index in [0.717, 1.165) is 6.42 Å². The minimum absolute atomic E-state index is 0.106. The fraction of sp³-hybridized carbons (Fsp3) is 1.00. The molecule has 0 spiro atoms. The quantitative estimate of drug-likeness (QED) is 0.373. The van der Waals surface area contributed by atoms with Gasteiger partial charge >= 0.3 is 0 Å². The standard InChI is InChI=1S/C22H50O4Si2/c1-16(2)28(17(3)4,18(5)6)26-21(19(7)20(24)15-23)13-14-25-27(11,12)22(8,9)10/h16-21,23-24H,13-15H2,1-12H3/t19-,20-,21-/m0/s1. The van der Waals surface area contributed by atoms with Crippen LogP contribution in [0.1, 0.15) is 75.7 Å². The Labute approximate surface area is 177 Å². The van der Waals surface area contributed by atoms with Gasteiger partial charge in [0.1, 0.15) is 0 Å². The Morgan fingerprint density at radius 2 is 1.29 bits per heavy atom. The van der Waals surface area contributed by atoms with Crippen LogP contribution in [0, 0.1) is 5.92 Å². The Balaban J connectivity index is 5.59. The first-order valence-corrected chi connectivity index (χ1v) is 16.2. The van der Waals surface area contributed by atoms with Gasteiger partial charge < -0.3 is 19.1 Å². The highest BCUT2D eigenvalue weighted by atomic mass is 28.4. The third-order valence-electron chi connectivity index (χ3n) is 7.11. The molecule has 0 bridgehead atoms. The molecule has 3 atom stereocenters. The summed E-state index contributed by atoms with van der Waals surface area (Å²) in [5.74, 6) is -0.129. The lowest BCUT2D eigenvalue weighted by Gasteiger charge is -2.46. The molecule has 0 aliphatic rings. The molecular weight excluding hydrogens is 384 g/mol. The number of hydrogen-bond donors (Lipinski definition) is 2. The maximum atomic E-state index is 10.4. The summed E-state index contributed by atoms with van der Waals surface area (Å²) in [6.45, 7) is 27.4. The molecule has 0 saturated carbocycles. The lowest BCUT2D eigenvalue weighted by Crippen LogP contribution is -2.53. The van der Waals surface area contributed by atoms with Gasteiger partial charge in [-0.15, -0.1) is 0 Å². The molecule has 4 nitrogen and oxygen atoms in total. The van der Waals surface area contributed by atoms with E-state index in [-0.39, 0.29) is 23.7 Å². The molecule has 0 aromatic carbocycles. The van der Waals surface area contributed by atoms with Crippen molar-refractivity contribution < 1.29 is 19.1 Å². The van der Waals surface area contributed by atoms with Gasteiger partial charge in [0.2, 0.25) is 8.32 Å². The molecule has 0 aliphatic heterocycles. The normalized spacial score (nSPS) is 17.5. The van der Waals surface area contributed by atoms with E-state index in [0.29, 0.717) is 23.2 Å². The van der Waals surface area contributed by atoms with Gasteiger partial charge in [0.25, 0.3) is 0 Å². The van der Waals surface area contributed by atoms with Gasteiger partial charge in [0.15, 0.2) is 8.32 Å². The largest absolute Gasteiger partial charge is 0.417 e. The van der Waals surface area contributed by atoms with Crippen molar-refractivity contribution in [3.63, 3.8) is 0 Å². The molecule has 0 aromatic heterocycles. The zero-order chi connectivity index (χ0) is 22.5. The minimum Gasteiger partial charge on any atom is -0.417 e. The summed E-state index contributed by atoms with van der Waals surface area (Å²) in [5, 5.41) is 20.0. The Hall–Kier alpha value is 0.274. The van der Waals surface area contributed by atoms with Crippen molar-refractivity contribution in [2.75, 3.05) is 13.2 Å². The number of aliphatic hydroxyl groups is 2. The van der Waals surface area contributed by atoms with E-state index in [4.69, 9.17) is 8.85 Å².